The Morgan fingerprint density at radius 2 is 1.65 bits per heavy atom. The molecular weight excluding hydrogens is 333 g/mol. The molecule has 0 radical (unpaired) electrons. The van der Waals surface area contributed by atoms with Crippen LogP contribution in [0.15, 0.2) is 24.3 Å². The summed E-state index contributed by atoms with van der Waals surface area (Å²) < 4.78 is 17.6. The van der Waals surface area contributed by atoms with Crippen LogP contribution < -0.4 is 4.90 Å². The molecule has 0 aromatic heterocycles. The fraction of sp³-hybridized carbons (Fsp3) is 0.632. The molecule has 1 aromatic carbocycles. The van der Waals surface area contributed by atoms with E-state index >= 15 is 0 Å². The van der Waals surface area contributed by atoms with Crippen LogP contribution in [0.2, 0.25) is 0 Å². The predicted octanol–water partition coefficient (Wildman–Crippen LogP) is 2.71. The van der Waals surface area contributed by atoms with Crippen molar-refractivity contribution in [1.29, 1.82) is 0 Å². The molecule has 0 spiro atoms. The summed E-state index contributed by atoms with van der Waals surface area (Å²) in [6.07, 6.45) is -0.0340. The Bertz CT molecular complexity index is 624. The third-order valence-electron chi connectivity index (χ3n) is 5.69. The van der Waals surface area contributed by atoms with Gasteiger partial charge in [-0.1, -0.05) is 12.1 Å². The number of hydrogen-bond acceptors (Lipinski definition) is 5. The third kappa shape index (κ3) is 3.90. The van der Waals surface area contributed by atoms with Crippen molar-refractivity contribution in [2.75, 3.05) is 31.2 Å². The molecular formula is C19H28BNO5. The average molecular weight is 361 g/mol. The van der Waals surface area contributed by atoms with Gasteiger partial charge in [-0.05, 0) is 45.4 Å². The second kappa shape index (κ2) is 7.21. The highest BCUT2D eigenvalue weighted by atomic mass is 16.7. The molecule has 2 aliphatic heterocycles. The van der Waals surface area contributed by atoms with E-state index in [0.29, 0.717) is 0 Å². The van der Waals surface area contributed by atoms with Crippen LogP contribution in [-0.4, -0.2) is 55.7 Å². The molecule has 2 heterocycles. The first kappa shape index (κ1) is 19.2. The molecule has 0 saturated carbocycles. The molecule has 2 fully saturated rings. The second-order valence-electron chi connectivity index (χ2n) is 8.02. The number of anilines is 1. The number of morpholine rings is 1. The summed E-state index contributed by atoms with van der Waals surface area (Å²) in [6, 6.07) is 8.06. The van der Waals surface area contributed by atoms with E-state index in [1.54, 1.807) is 0 Å². The average Bonchev–Trinajstić information content (AvgIpc) is 2.81. The minimum Gasteiger partial charge on any atom is -0.481 e. The maximum Gasteiger partial charge on any atom is 0.466 e. The molecule has 6 nitrogen and oxygen atoms in total. The van der Waals surface area contributed by atoms with Crippen molar-refractivity contribution in [2.45, 2.75) is 51.1 Å². The minimum atomic E-state index is -0.859. The van der Waals surface area contributed by atoms with Crippen molar-refractivity contribution in [3.8, 4) is 0 Å². The van der Waals surface area contributed by atoms with Gasteiger partial charge in [0.15, 0.2) is 0 Å². The van der Waals surface area contributed by atoms with E-state index in [0.717, 1.165) is 37.6 Å². The van der Waals surface area contributed by atoms with E-state index in [2.05, 4.69) is 4.90 Å². The van der Waals surface area contributed by atoms with Crippen LogP contribution in [0.3, 0.4) is 0 Å². The number of ether oxygens (including phenoxy) is 1. The number of carboxylic acids is 1. The smallest absolute Gasteiger partial charge is 0.466 e. The number of rotatable bonds is 5. The zero-order valence-electron chi connectivity index (χ0n) is 16.0. The van der Waals surface area contributed by atoms with Crippen molar-refractivity contribution in [3.05, 3.63) is 29.8 Å². The number of nitrogens with zero attached hydrogens (tertiary/aromatic N) is 1. The SMILES string of the molecule is CC1(C)OB(C(CC(=O)O)c2ccc(N3CCOCC3)cc2)OC1(C)C. The van der Waals surface area contributed by atoms with Gasteiger partial charge in [-0.25, -0.2) is 0 Å². The molecule has 0 bridgehead atoms. The highest BCUT2D eigenvalue weighted by Gasteiger charge is 2.54. The van der Waals surface area contributed by atoms with E-state index in [1.165, 1.54) is 0 Å². The van der Waals surface area contributed by atoms with Gasteiger partial charge in [-0.3, -0.25) is 4.79 Å². The Labute approximate surface area is 155 Å². The van der Waals surface area contributed by atoms with Crippen LogP contribution in [0.25, 0.3) is 0 Å². The first-order chi connectivity index (χ1) is 12.2. The number of benzene rings is 1. The third-order valence-corrected chi connectivity index (χ3v) is 5.69. The lowest BCUT2D eigenvalue weighted by atomic mass is 9.66. The highest BCUT2D eigenvalue weighted by Crippen LogP contribution is 2.42. The molecule has 0 aliphatic carbocycles. The quantitative estimate of drug-likeness (QED) is 0.814. The van der Waals surface area contributed by atoms with Gasteiger partial charge < -0.3 is 24.1 Å². The Morgan fingerprint density at radius 3 is 2.15 bits per heavy atom. The topological polar surface area (TPSA) is 68.2 Å². The first-order valence-corrected chi connectivity index (χ1v) is 9.20. The number of carboxylic acid groups (broad SMARTS) is 1. The number of hydrogen-bond donors (Lipinski definition) is 1. The lowest BCUT2D eigenvalue weighted by Gasteiger charge is -2.32. The van der Waals surface area contributed by atoms with Crippen LogP contribution in [0, 0.1) is 0 Å². The van der Waals surface area contributed by atoms with Gasteiger partial charge in [-0.15, -0.1) is 0 Å². The van der Waals surface area contributed by atoms with Crippen LogP contribution in [0.4, 0.5) is 5.69 Å². The maximum absolute atomic E-state index is 11.4. The number of aliphatic carboxylic acids is 1. The Hall–Kier alpha value is -1.57. The monoisotopic (exact) mass is 361 g/mol. The molecule has 7 heteroatoms. The maximum atomic E-state index is 11.4. The Morgan fingerprint density at radius 1 is 1.12 bits per heavy atom. The largest absolute Gasteiger partial charge is 0.481 e. The van der Waals surface area contributed by atoms with E-state index in [1.807, 2.05) is 52.0 Å². The van der Waals surface area contributed by atoms with E-state index < -0.39 is 24.3 Å². The number of carbonyl (C=O) groups is 1. The van der Waals surface area contributed by atoms with Crippen molar-refractivity contribution >= 4 is 18.8 Å². The predicted molar refractivity (Wildman–Crippen MR) is 101 cm³/mol. The summed E-state index contributed by atoms with van der Waals surface area (Å²) in [4.78, 5) is 13.7. The van der Waals surface area contributed by atoms with Crippen molar-refractivity contribution in [1.82, 2.24) is 0 Å². The molecule has 1 unspecified atom stereocenters. The van der Waals surface area contributed by atoms with Crippen molar-refractivity contribution < 1.29 is 23.9 Å². The molecule has 142 valence electrons. The van der Waals surface area contributed by atoms with Gasteiger partial charge in [0.25, 0.3) is 0 Å². The van der Waals surface area contributed by atoms with Gasteiger partial charge in [0.05, 0.1) is 30.8 Å². The van der Waals surface area contributed by atoms with Crippen LogP contribution >= 0.6 is 0 Å². The summed E-state index contributed by atoms with van der Waals surface area (Å²) in [5, 5.41) is 9.39. The zero-order valence-corrected chi connectivity index (χ0v) is 16.0. The molecule has 3 rings (SSSR count). The molecule has 2 aliphatic rings. The molecule has 0 amide bonds. The fourth-order valence-electron chi connectivity index (χ4n) is 3.37. The normalized spacial score (nSPS) is 23.1. The summed E-state index contributed by atoms with van der Waals surface area (Å²) in [6.45, 7) is 11.1. The van der Waals surface area contributed by atoms with Gasteiger partial charge in [0.2, 0.25) is 0 Å². The minimum absolute atomic E-state index is 0.0340. The first-order valence-electron chi connectivity index (χ1n) is 9.20. The highest BCUT2D eigenvalue weighted by molar-refractivity contribution is 6.48. The van der Waals surface area contributed by atoms with Crippen LogP contribution in [0.1, 0.15) is 45.5 Å². The van der Waals surface area contributed by atoms with Gasteiger partial charge in [0.1, 0.15) is 0 Å². The van der Waals surface area contributed by atoms with Crippen LogP contribution in [-0.2, 0) is 18.8 Å². The van der Waals surface area contributed by atoms with Gasteiger partial charge >= 0.3 is 13.1 Å². The standard InChI is InChI=1S/C19H28BNO5/c1-18(2)19(3,4)26-20(25-18)16(13-17(22)23)14-5-7-15(8-6-14)21-9-11-24-12-10-21/h5-8,16H,9-13H2,1-4H3,(H,22,23). The molecule has 1 atom stereocenters. The summed E-state index contributed by atoms with van der Waals surface area (Å²) >= 11 is 0. The molecule has 1 N–H and O–H groups in total. The molecule has 1 aromatic rings. The Balaban J connectivity index is 1.81. The van der Waals surface area contributed by atoms with Gasteiger partial charge in [-0.2, -0.15) is 0 Å². The van der Waals surface area contributed by atoms with Crippen molar-refractivity contribution in [2.24, 2.45) is 0 Å². The van der Waals surface area contributed by atoms with Gasteiger partial charge in [0, 0.05) is 24.6 Å². The lowest BCUT2D eigenvalue weighted by molar-refractivity contribution is -0.137. The fourth-order valence-corrected chi connectivity index (χ4v) is 3.37. The summed E-state index contributed by atoms with van der Waals surface area (Å²) in [7, 11) is -0.578. The summed E-state index contributed by atoms with van der Waals surface area (Å²) in [5.74, 6) is -1.21. The van der Waals surface area contributed by atoms with Crippen LogP contribution in [0.5, 0.6) is 0 Å². The second-order valence-corrected chi connectivity index (χ2v) is 8.02. The van der Waals surface area contributed by atoms with Crippen molar-refractivity contribution in [3.63, 3.8) is 0 Å². The molecule has 26 heavy (non-hydrogen) atoms. The lowest BCUT2D eigenvalue weighted by Crippen LogP contribution is -2.41. The summed E-state index contributed by atoms with van der Waals surface area (Å²) in [5.41, 5.74) is 1.08. The van der Waals surface area contributed by atoms with E-state index in [4.69, 9.17) is 14.0 Å². The zero-order chi connectivity index (χ0) is 18.9. The van der Waals surface area contributed by atoms with E-state index in [-0.39, 0.29) is 12.2 Å². The molecule has 2 saturated heterocycles. The Kier molecular flexibility index (Phi) is 5.33. The van der Waals surface area contributed by atoms with E-state index in [9.17, 15) is 9.90 Å².